The van der Waals surface area contributed by atoms with Gasteiger partial charge < -0.3 is 4.90 Å². The molecule has 0 amide bonds. The van der Waals surface area contributed by atoms with Gasteiger partial charge in [0.1, 0.15) is 12.1 Å². The summed E-state index contributed by atoms with van der Waals surface area (Å²) in [6.45, 7) is 6.01. The molecule has 0 bridgehead atoms. The van der Waals surface area contributed by atoms with Crippen molar-refractivity contribution in [3.05, 3.63) is 84.2 Å². The quantitative estimate of drug-likeness (QED) is 0.378. The Labute approximate surface area is 192 Å². The maximum absolute atomic E-state index is 4.68. The average Bonchev–Trinajstić information content (AvgIpc) is 3.39. The lowest BCUT2D eigenvalue weighted by Gasteiger charge is -2.25. The van der Waals surface area contributed by atoms with Crippen molar-refractivity contribution in [2.24, 2.45) is 0 Å². The van der Waals surface area contributed by atoms with Crippen LogP contribution in [0.25, 0.3) is 33.4 Å². The standard InChI is InChI=1S/C26H25N7/c1-3-15-33(26-24-18(2)7-6-10-23(24)27-17-28-26)16-19-11-13-20(14-12-19)21-8-4-5-9-22(21)25-29-31-32-30-25/h4-14,17H,3,15-16H2,1-2H3,(H,29,30,31,32). The number of aryl methyl sites for hydroxylation is 1. The van der Waals surface area contributed by atoms with Crippen LogP contribution in [-0.4, -0.2) is 37.1 Å². The second-order valence-electron chi connectivity index (χ2n) is 8.07. The zero-order chi connectivity index (χ0) is 22.6. The van der Waals surface area contributed by atoms with Crippen molar-refractivity contribution in [2.45, 2.75) is 26.8 Å². The Balaban J connectivity index is 1.46. The summed E-state index contributed by atoms with van der Waals surface area (Å²) in [5, 5.41) is 15.7. The highest BCUT2D eigenvalue weighted by atomic mass is 15.5. The number of nitrogens with one attached hydrogen (secondary N) is 1. The molecule has 33 heavy (non-hydrogen) atoms. The lowest BCUT2D eigenvalue weighted by atomic mass is 9.98. The third kappa shape index (κ3) is 4.17. The highest BCUT2D eigenvalue weighted by Crippen LogP contribution is 2.31. The number of aromatic amines is 1. The first-order chi connectivity index (χ1) is 16.2. The van der Waals surface area contributed by atoms with E-state index in [4.69, 9.17) is 0 Å². The number of tetrazole rings is 1. The number of anilines is 1. The molecule has 0 aliphatic heterocycles. The maximum Gasteiger partial charge on any atom is 0.205 e. The number of nitrogens with zero attached hydrogens (tertiary/aromatic N) is 6. The molecular formula is C26H25N7. The summed E-state index contributed by atoms with van der Waals surface area (Å²) >= 11 is 0. The van der Waals surface area contributed by atoms with Crippen molar-refractivity contribution >= 4 is 16.7 Å². The first-order valence-electron chi connectivity index (χ1n) is 11.1. The molecule has 2 aromatic heterocycles. The Morgan fingerprint density at radius 1 is 0.879 bits per heavy atom. The van der Waals surface area contributed by atoms with E-state index in [0.717, 1.165) is 52.9 Å². The van der Waals surface area contributed by atoms with E-state index in [2.05, 4.69) is 85.7 Å². The van der Waals surface area contributed by atoms with Gasteiger partial charge in [-0.05, 0) is 46.9 Å². The number of fused-ring (bicyclic) bond motifs is 1. The molecule has 0 fully saturated rings. The van der Waals surface area contributed by atoms with Crippen LogP contribution >= 0.6 is 0 Å². The van der Waals surface area contributed by atoms with Gasteiger partial charge in [0.05, 0.1) is 5.52 Å². The number of H-pyrrole nitrogens is 1. The molecule has 1 N–H and O–H groups in total. The van der Waals surface area contributed by atoms with Gasteiger partial charge in [-0.1, -0.05) is 67.6 Å². The number of hydrogen-bond acceptors (Lipinski definition) is 6. The number of aromatic nitrogens is 6. The second-order valence-corrected chi connectivity index (χ2v) is 8.07. The molecule has 0 spiro atoms. The highest BCUT2D eigenvalue weighted by molar-refractivity contribution is 5.92. The first-order valence-corrected chi connectivity index (χ1v) is 11.1. The summed E-state index contributed by atoms with van der Waals surface area (Å²) in [5.41, 5.74) is 6.55. The smallest absolute Gasteiger partial charge is 0.205 e. The van der Waals surface area contributed by atoms with E-state index in [1.54, 1.807) is 6.33 Å². The van der Waals surface area contributed by atoms with E-state index in [1.165, 1.54) is 11.1 Å². The van der Waals surface area contributed by atoms with Crippen LogP contribution in [0, 0.1) is 6.92 Å². The van der Waals surface area contributed by atoms with Crippen LogP contribution in [0.3, 0.4) is 0 Å². The zero-order valence-corrected chi connectivity index (χ0v) is 18.7. The highest BCUT2D eigenvalue weighted by Gasteiger charge is 2.15. The van der Waals surface area contributed by atoms with Gasteiger partial charge >= 0.3 is 0 Å². The van der Waals surface area contributed by atoms with Crippen LogP contribution < -0.4 is 4.90 Å². The summed E-state index contributed by atoms with van der Waals surface area (Å²) in [4.78, 5) is 11.5. The molecule has 0 radical (unpaired) electrons. The number of rotatable bonds is 7. The van der Waals surface area contributed by atoms with Crippen molar-refractivity contribution in [2.75, 3.05) is 11.4 Å². The minimum atomic E-state index is 0.592. The fraction of sp³-hybridized carbons (Fsp3) is 0.192. The summed E-state index contributed by atoms with van der Waals surface area (Å²) < 4.78 is 0. The van der Waals surface area contributed by atoms with Gasteiger partial charge in [-0.15, -0.1) is 10.2 Å². The summed E-state index contributed by atoms with van der Waals surface area (Å²) in [6.07, 6.45) is 2.70. The molecule has 0 aliphatic rings. The van der Waals surface area contributed by atoms with Crippen LogP contribution in [0.15, 0.2) is 73.1 Å². The molecule has 5 rings (SSSR count). The maximum atomic E-state index is 4.68. The van der Waals surface area contributed by atoms with Crippen LogP contribution in [-0.2, 0) is 6.54 Å². The molecule has 3 aromatic carbocycles. The van der Waals surface area contributed by atoms with E-state index in [1.807, 2.05) is 30.3 Å². The van der Waals surface area contributed by atoms with Crippen molar-refractivity contribution in [3.63, 3.8) is 0 Å². The SMILES string of the molecule is CCCN(Cc1ccc(-c2ccccc2-c2nn[nH]n2)cc1)c1ncnc2cccc(C)c12. The topological polar surface area (TPSA) is 83.5 Å². The molecule has 0 unspecified atom stereocenters. The van der Waals surface area contributed by atoms with Crippen molar-refractivity contribution < 1.29 is 0 Å². The molecule has 0 saturated heterocycles. The summed E-state index contributed by atoms with van der Waals surface area (Å²) in [7, 11) is 0. The molecule has 5 aromatic rings. The van der Waals surface area contributed by atoms with E-state index in [9.17, 15) is 0 Å². The minimum Gasteiger partial charge on any atom is -0.352 e. The van der Waals surface area contributed by atoms with Gasteiger partial charge in [0.15, 0.2) is 0 Å². The van der Waals surface area contributed by atoms with E-state index in [0.29, 0.717) is 5.82 Å². The number of benzene rings is 3. The average molecular weight is 436 g/mol. The molecule has 7 heteroatoms. The minimum absolute atomic E-state index is 0.592. The fourth-order valence-electron chi connectivity index (χ4n) is 4.25. The Kier molecular flexibility index (Phi) is 5.76. The predicted octanol–water partition coefficient (Wildman–Crippen LogP) is 5.20. The molecule has 0 aliphatic carbocycles. The number of hydrogen-bond donors (Lipinski definition) is 1. The lowest BCUT2D eigenvalue weighted by Crippen LogP contribution is -2.25. The van der Waals surface area contributed by atoms with Gasteiger partial charge in [0.2, 0.25) is 5.82 Å². The van der Waals surface area contributed by atoms with E-state index in [-0.39, 0.29) is 0 Å². The summed E-state index contributed by atoms with van der Waals surface area (Å²) in [5.74, 6) is 1.58. The van der Waals surface area contributed by atoms with Crippen molar-refractivity contribution in [3.8, 4) is 22.5 Å². The van der Waals surface area contributed by atoms with Crippen LogP contribution in [0.5, 0.6) is 0 Å². The summed E-state index contributed by atoms with van der Waals surface area (Å²) in [6, 6.07) is 23.0. The lowest BCUT2D eigenvalue weighted by molar-refractivity contribution is 0.757. The Morgan fingerprint density at radius 2 is 1.70 bits per heavy atom. The second kappa shape index (κ2) is 9.16. The fourth-order valence-corrected chi connectivity index (χ4v) is 4.25. The zero-order valence-electron chi connectivity index (χ0n) is 18.7. The third-order valence-corrected chi connectivity index (χ3v) is 5.80. The first kappa shape index (κ1) is 20.8. The van der Waals surface area contributed by atoms with Gasteiger partial charge in [0.25, 0.3) is 0 Å². The van der Waals surface area contributed by atoms with Crippen molar-refractivity contribution in [1.82, 2.24) is 30.6 Å². The normalized spacial score (nSPS) is 11.1. The van der Waals surface area contributed by atoms with Crippen LogP contribution in [0.2, 0.25) is 0 Å². The molecule has 7 nitrogen and oxygen atoms in total. The largest absolute Gasteiger partial charge is 0.352 e. The third-order valence-electron chi connectivity index (χ3n) is 5.80. The monoisotopic (exact) mass is 435 g/mol. The Morgan fingerprint density at radius 3 is 2.45 bits per heavy atom. The Bertz CT molecular complexity index is 1360. The van der Waals surface area contributed by atoms with E-state index < -0.39 is 0 Å². The molecule has 0 atom stereocenters. The molecule has 164 valence electrons. The van der Waals surface area contributed by atoms with Crippen LogP contribution in [0.1, 0.15) is 24.5 Å². The van der Waals surface area contributed by atoms with Gasteiger partial charge in [-0.3, -0.25) is 0 Å². The molecule has 2 heterocycles. The van der Waals surface area contributed by atoms with Crippen molar-refractivity contribution in [1.29, 1.82) is 0 Å². The Hall–Kier alpha value is -4.13. The molecular weight excluding hydrogens is 410 g/mol. The molecule has 0 saturated carbocycles. The van der Waals surface area contributed by atoms with E-state index >= 15 is 0 Å². The van der Waals surface area contributed by atoms with Gasteiger partial charge in [-0.25, -0.2) is 9.97 Å². The predicted molar refractivity (Wildman–Crippen MR) is 131 cm³/mol. The van der Waals surface area contributed by atoms with Crippen LogP contribution in [0.4, 0.5) is 5.82 Å². The van der Waals surface area contributed by atoms with Gasteiger partial charge in [-0.2, -0.15) is 5.21 Å². The van der Waals surface area contributed by atoms with Gasteiger partial charge in [0, 0.05) is 24.0 Å².